The number of fused-ring (bicyclic) bond motifs is 2. The van der Waals surface area contributed by atoms with Gasteiger partial charge < -0.3 is 16.4 Å². The minimum absolute atomic E-state index is 0.00706. The number of ketones is 2. The number of carbonyl (C=O) groups excluding carboxylic acids is 3. The van der Waals surface area contributed by atoms with E-state index < -0.39 is 0 Å². The molecule has 176 valence electrons. The molecule has 1 heterocycles. The Morgan fingerprint density at radius 1 is 1.06 bits per heavy atom. The van der Waals surface area contributed by atoms with E-state index in [9.17, 15) is 14.4 Å². The third-order valence-corrected chi connectivity index (χ3v) is 6.33. The van der Waals surface area contributed by atoms with Crippen LogP contribution < -0.4 is 20.9 Å². The molecule has 8 nitrogen and oxygen atoms in total. The summed E-state index contributed by atoms with van der Waals surface area (Å²) in [5, 5.41) is 6.20. The third kappa shape index (κ3) is 4.99. The van der Waals surface area contributed by atoms with Crippen LogP contribution in [0.3, 0.4) is 0 Å². The molecule has 0 spiro atoms. The second-order valence-electron chi connectivity index (χ2n) is 8.10. The summed E-state index contributed by atoms with van der Waals surface area (Å²) < 4.78 is 3.86. The summed E-state index contributed by atoms with van der Waals surface area (Å²) in [5.41, 5.74) is 8.42. The maximum Gasteiger partial charge on any atom is 0.262 e. The molecule has 1 amide bonds. The molecule has 0 atom stereocenters. The molecular weight excluding hydrogens is 450 g/mol. The van der Waals surface area contributed by atoms with Gasteiger partial charge in [-0.05, 0) is 18.4 Å². The van der Waals surface area contributed by atoms with Crippen molar-refractivity contribution >= 4 is 40.6 Å². The highest BCUT2D eigenvalue weighted by atomic mass is 32.2. The van der Waals surface area contributed by atoms with Crippen molar-refractivity contribution in [2.24, 2.45) is 0 Å². The summed E-state index contributed by atoms with van der Waals surface area (Å²) in [7, 11) is 0. The number of aromatic nitrogens is 2. The lowest BCUT2D eigenvalue weighted by Gasteiger charge is -2.22. The summed E-state index contributed by atoms with van der Waals surface area (Å²) in [6.45, 7) is 2.30. The van der Waals surface area contributed by atoms with Crippen molar-refractivity contribution in [1.29, 1.82) is 0 Å². The van der Waals surface area contributed by atoms with Crippen LogP contribution in [0, 0.1) is 0 Å². The average molecular weight is 479 g/mol. The van der Waals surface area contributed by atoms with Crippen LogP contribution in [0.2, 0.25) is 0 Å². The van der Waals surface area contributed by atoms with Crippen LogP contribution in [0.1, 0.15) is 38.3 Å². The van der Waals surface area contributed by atoms with Crippen molar-refractivity contribution in [2.45, 2.75) is 19.5 Å². The first-order valence-electron chi connectivity index (χ1n) is 11.1. The van der Waals surface area contributed by atoms with Gasteiger partial charge in [-0.3, -0.25) is 14.4 Å². The number of amides is 1. The van der Waals surface area contributed by atoms with Gasteiger partial charge in [0.25, 0.3) is 5.91 Å². The van der Waals surface area contributed by atoms with Crippen molar-refractivity contribution in [1.82, 2.24) is 9.88 Å². The van der Waals surface area contributed by atoms with Gasteiger partial charge in [-0.25, -0.2) is 9.13 Å². The number of thioether (sulfide) groups is 1. The lowest BCUT2D eigenvalue weighted by molar-refractivity contribution is -0.684. The molecule has 0 saturated carbocycles. The van der Waals surface area contributed by atoms with Crippen molar-refractivity contribution < 1.29 is 19.0 Å². The molecule has 1 aliphatic rings. The number of rotatable bonds is 10. The molecule has 1 aliphatic carbocycles. The van der Waals surface area contributed by atoms with Gasteiger partial charge in [-0.1, -0.05) is 24.3 Å². The molecule has 0 fully saturated rings. The number of imidazole rings is 1. The van der Waals surface area contributed by atoms with Crippen LogP contribution in [-0.4, -0.2) is 47.1 Å². The van der Waals surface area contributed by atoms with E-state index in [4.69, 9.17) is 5.73 Å². The summed E-state index contributed by atoms with van der Waals surface area (Å²) in [4.78, 5) is 38.1. The van der Waals surface area contributed by atoms with Crippen molar-refractivity contribution in [3.63, 3.8) is 0 Å². The minimum atomic E-state index is -0.222. The Balaban J connectivity index is 1.36. The number of nitrogens with two attached hydrogens (primary N) is 1. The van der Waals surface area contributed by atoms with Crippen LogP contribution in [-0.2, 0) is 17.9 Å². The Bertz CT molecular complexity index is 1240. The fraction of sp³-hybridized carbons (Fsp3) is 0.280. The number of nitrogens with zero attached hydrogens (tertiary/aromatic N) is 2. The van der Waals surface area contributed by atoms with Crippen LogP contribution in [0.15, 0.2) is 55.1 Å². The molecule has 0 bridgehead atoms. The highest BCUT2D eigenvalue weighted by Gasteiger charge is 2.33. The predicted octanol–water partition coefficient (Wildman–Crippen LogP) is 2.11. The van der Waals surface area contributed by atoms with Gasteiger partial charge in [-0.2, -0.15) is 11.8 Å². The molecular formula is C25H28N5O3S+. The molecule has 1 aromatic heterocycles. The SMILES string of the molecule is CSCCNC(=O)C[n+]1ccn(CCCNc2ccc(N)c3c2C(=O)c2ccccc2C3=O)c1. The summed E-state index contributed by atoms with van der Waals surface area (Å²) in [6.07, 6.45) is 8.50. The molecule has 2 aromatic carbocycles. The number of carbonyl (C=O) groups is 3. The maximum absolute atomic E-state index is 13.2. The van der Waals surface area contributed by atoms with Gasteiger partial charge in [0.15, 0.2) is 18.1 Å². The van der Waals surface area contributed by atoms with E-state index in [1.807, 2.05) is 34.1 Å². The quantitative estimate of drug-likeness (QED) is 0.183. The second-order valence-corrected chi connectivity index (χ2v) is 9.09. The fourth-order valence-corrected chi connectivity index (χ4v) is 4.36. The molecule has 0 unspecified atom stereocenters. The first-order chi connectivity index (χ1) is 16.5. The average Bonchev–Trinajstić information content (AvgIpc) is 3.28. The number of benzene rings is 2. The Morgan fingerprint density at radius 3 is 2.53 bits per heavy atom. The van der Waals surface area contributed by atoms with E-state index in [0.29, 0.717) is 41.2 Å². The van der Waals surface area contributed by atoms with Gasteiger partial charge in [-0.15, -0.1) is 0 Å². The highest BCUT2D eigenvalue weighted by molar-refractivity contribution is 7.98. The van der Waals surface area contributed by atoms with Gasteiger partial charge in [0, 0.05) is 47.8 Å². The van der Waals surface area contributed by atoms with E-state index >= 15 is 0 Å². The van der Waals surface area contributed by atoms with Gasteiger partial charge in [0.05, 0.1) is 17.7 Å². The monoisotopic (exact) mass is 478 g/mol. The normalized spacial score (nSPS) is 12.3. The Morgan fingerprint density at radius 2 is 1.79 bits per heavy atom. The predicted molar refractivity (Wildman–Crippen MR) is 133 cm³/mol. The van der Waals surface area contributed by atoms with Crippen LogP contribution in [0.25, 0.3) is 0 Å². The Labute approximate surface area is 202 Å². The van der Waals surface area contributed by atoms with E-state index in [0.717, 1.165) is 18.7 Å². The lowest BCUT2D eigenvalue weighted by Crippen LogP contribution is -2.42. The third-order valence-electron chi connectivity index (χ3n) is 5.72. The number of hydrogen-bond acceptors (Lipinski definition) is 6. The second kappa shape index (κ2) is 10.6. The Kier molecular flexibility index (Phi) is 7.32. The van der Waals surface area contributed by atoms with Crippen molar-refractivity contribution in [3.05, 3.63) is 77.4 Å². The zero-order valence-corrected chi connectivity index (χ0v) is 19.9. The number of hydrogen-bond donors (Lipinski definition) is 3. The molecule has 34 heavy (non-hydrogen) atoms. The summed E-state index contributed by atoms with van der Waals surface area (Å²) in [5.74, 6) is 0.476. The van der Waals surface area contributed by atoms with E-state index in [1.165, 1.54) is 0 Å². The molecule has 4 N–H and O–H groups in total. The van der Waals surface area contributed by atoms with E-state index in [1.54, 1.807) is 48.2 Å². The van der Waals surface area contributed by atoms with Gasteiger partial charge >= 0.3 is 0 Å². The van der Waals surface area contributed by atoms with Crippen LogP contribution in [0.4, 0.5) is 11.4 Å². The first-order valence-corrected chi connectivity index (χ1v) is 12.5. The van der Waals surface area contributed by atoms with E-state index in [-0.39, 0.29) is 29.6 Å². The molecule has 4 rings (SSSR count). The molecule has 3 aromatic rings. The zero-order chi connectivity index (χ0) is 24.1. The Hall–Kier alpha value is -3.59. The number of nitrogen functional groups attached to an aromatic ring is 1. The lowest BCUT2D eigenvalue weighted by atomic mass is 9.82. The fourth-order valence-electron chi connectivity index (χ4n) is 4.06. The van der Waals surface area contributed by atoms with Crippen molar-refractivity contribution in [2.75, 3.05) is 36.1 Å². The zero-order valence-electron chi connectivity index (χ0n) is 19.0. The summed E-state index contributed by atoms with van der Waals surface area (Å²) >= 11 is 1.70. The summed E-state index contributed by atoms with van der Waals surface area (Å²) in [6, 6.07) is 10.3. The van der Waals surface area contributed by atoms with Gasteiger partial charge in [0.1, 0.15) is 12.4 Å². The number of nitrogens with one attached hydrogen (secondary N) is 2. The molecule has 0 saturated heterocycles. The molecule has 0 radical (unpaired) electrons. The highest BCUT2D eigenvalue weighted by Crippen LogP contribution is 2.35. The number of aryl methyl sites for hydroxylation is 1. The molecule has 9 heteroatoms. The topological polar surface area (TPSA) is 110 Å². The smallest absolute Gasteiger partial charge is 0.262 e. The minimum Gasteiger partial charge on any atom is -0.398 e. The standard InChI is InChI=1S/C25H27N5O3S/c1-34-14-10-28-21(31)15-30-13-12-29(16-30)11-4-9-27-20-8-7-19(26)22-23(20)25(33)18-6-3-2-5-17(18)24(22)32/h2-3,5-8,12-13,16H,4,9-11,14-15H2,1H3,(H3-,26,27,28,31,32,33)/p+1. The van der Waals surface area contributed by atoms with E-state index in [2.05, 4.69) is 10.6 Å². The largest absolute Gasteiger partial charge is 0.398 e. The van der Waals surface area contributed by atoms with Crippen LogP contribution >= 0.6 is 11.8 Å². The van der Waals surface area contributed by atoms with Crippen molar-refractivity contribution in [3.8, 4) is 0 Å². The first kappa shape index (κ1) is 23.6. The van der Waals surface area contributed by atoms with Crippen LogP contribution in [0.5, 0.6) is 0 Å². The maximum atomic E-state index is 13.2. The molecule has 0 aliphatic heterocycles. The number of anilines is 2. The van der Waals surface area contributed by atoms with Gasteiger partial charge in [0.2, 0.25) is 6.33 Å².